The Hall–Kier alpha value is -2.23. The van der Waals surface area contributed by atoms with Gasteiger partial charge in [-0.3, -0.25) is 0 Å². The first-order valence-electron chi connectivity index (χ1n) is 5.90. The molecule has 0 aliphatic heterocycles. The molecular weight excluding hydrogens is 245 g/mol. The van der Waals surface area contributed by atoms with Crippen LogP contribution in [0.4, 0.5) is 10.1 Å². The Morgan fingerprint density at radius 1 is 1.05 bits per heavy atom. The number of aryl methyl sites for hydroxylation is 1. The lowest BCUT2D eigenvalue weighted by molar-refractivity contribution is 0.402. The van der Waals surface area contributed by atoms with E-state index in [9.17, 15) is 4.39 Å². The van der Waals surface area contributed by atoms with Crippen molar-refractivity contribution in [1.82, 2.24) is 0 Å². The normalized spacial score (nSPS) is 10.3. The van der Waals surface area contributed by atoms with Crippen molar-refractivity contribution in [2.24, 2.45) is 0 Å². The van der Waals surface area contributed by atoms with Crippen LogP contribution in [0.2, 0.25) is 0 Å². The summed E-state index contributed by atoms with van der Waals surface area (Å²) in [6.45, 7) is 3.90. The number of rotatable bonds is 3. The molecule has 0 aromatic heterocycles. The molecule has 0 amide bonds. The monoisotopic (exact) mass is 261 g/mol. The molecule has 100 valence electrons. The van der Waals surface area contributed by atoms with Crippen molar-refractivity contribution in [2.45, 2.75) is 13.8 Å². The quantitative estimate of drug-likeness (QED) is 0.854. The van der Waals surface area contributed by atoms with Gasteiger partial charge >= 0.3 is 0 Å². The van der Waals surface area contributed by atoms with Crippen LogP contribution >= 0.6 is 0 Å². The Balaban J connectivity index is 2.41. The number of nitrogens with two attached hydrogens (primary N) is 1. The second kappa shape index (κ2) is 5.18. The molecule has 2 N–H and O–H groups in total. The van der Waals surface area contributed by atoms with Gasteiger partial charge < -0.3 is 15.2 Å². The number of anilines is 1. The van der Waals surface area contributed by atoms with Crippen LogP contribution in [0, 0.1) is 19.7 Å². The first-order chi connectivity index (χ1) is 9.02. The Kier molecular flexibility index (Phi) is 3.60. The zero-order valence-electron chi connectivity index (χ0n) is 11.2. The van der Waals surface area contributed by atoms with E-state index in [4.69, 9.17) is 15.2 Å². The molecule has 0 aliphatic carbocycles. The molecule has 0 unspecified atom stereocenters. The zero-order valence-corrected chi connectivity index (χ0v) is 11.2. The lowest BCUT2D eigenvalue weighted by atomic mass is 10.1. The minimum atomic E-state index is -0.515. The number of hydrogen-bond acceptors (Lipinski definition) is 3. The molecule has 2 aromatic rings. The number of nitrogen functional groups attached to an aromatic ring is 1. The molecule has 0 bridgehead atoms. The topological polar surface area (TPSA) is 44.5 Å². The SMILES string of the molecule is COc1cc(Oc2cccc(C)c2C)c(F)cc1N. The van der Waals surface area contributed by atoms with E-state index in [1.54, 1.807) is 6.07 Å². The van der Waals surface area contributed by atoms with Gasteiger partial charge in [-0.15, -0.1) is 0 Å². The van der Waals surface area contributed by atoms with Crippen LogP contribution in [0.1, 0.15) is 11.1 Å². The lowest BCUT2D eigenvalue weighted by Gasteiger charge is -2.13. The fraction of sp³-hybridized carbons (Fsp3) is 0.200. The first-order valence-corrected chi connectivity index (χ1v) is 5.90. The number of halogens is 1. The minimum Gasteiger partial charge on any atom is -0.494 e. The third-order valence-corrected chi connectivity index (χ3v) is 3.06. The number of benzene rings is 2. The minimum absolute atomic E-state index is 0.0970. The van der Waals surface area contributed by atoms with Crippen molar-refractivity contribution in [2.75, 3.05) is 12.8 Å². The molecule has 2 aromatic carbocycles. The van der Waals surface area contributed by atoms with Gasteiger partial charge in [0.2, 0.25) is 0 Å². The van der Waals surface area contributed by atoms with Gasteiger partial charge in [-0.25, -0.2) is 4.39 Å². The Morgan fingerprint density at radius 3 is 2.47 bits per heavy atom. The van der Waals surface area contributed by atoms with Crippen molar-refractivity contribution in [3.05, 3.63) is 47.3 Å². The fourth-order valence-electron chi connectivity index (χ4n) is 1.76. The van der Waals surface area contributed by atoms with E-state index in [2.05, 4.69) is 0 Å². The molecule has 0 radical (unpaired) electrons. The van der Waals surface area contributed by atoms with Crippen LogP contribution in [0.3, 0.4) is 0 Å². The van der Waals surface area contributed by atoms with Gasteiger partial charge in [-0.05, 0) is 31.0 Å². The van der Waals surface area contributed by atoms with Crippen LogP contribution in [-0.2, 0) is 0 Å². The van der Waals surface area contributed by atoms with Crippen molar-refractivity contribution in [3.63, 3.8) is 0 Å². The molecule has 0 spiro atoms. The summed E-state index contributed by atoms with van der Waals surface area (Å²) >= 11 is 0. The van der Waals surface area contributed by atoms with Gasteiger partial charge in [0.15, 0.2) is 11.6 Å². The van der Waals surface area contributed by atoms with Gasteiger partial charge in [-0.1, -0.05) is 12.1 Å². The van der Waals surface area contributed by atoms with Gasteiger partial charge in [0, 0.05) is 12.1 Å². The Bertz CT molecular complexity index is 611. The lowest BCUT2D eigenvalue weighted by Crippen LogP contribution is -1.97. The van der Waals surface area contributed by atoms with Crippen molar-refractivity contribution in [1.29, 1.82) is 0 Å². The summed E-state index contributed by atoms with van der Waals surface area (Å²) in [5.41, 5.74) is 7.93. The number of hydrogen-bond donors (Lipinski definition) is 1. The van der Waals surface area contributed by atoms with Crippen molar-refractivity contribution >= 4 is 5.69 Å². The molecule has 0 heterocycles. The predicted octanol–water partition coefficient (Wildman–Crippen LogP) is 3.83. The first kappa shape index (κ1) is 13.2. The van der Waals surface area contributed by atoms with E-state index in [1.165, 1.54) is 19.2 Å². The fourth-order valence-corrected chi connectivity index (χ4v) is 1.76. The summed E-state index contributed by atoms with van der Waals surface area (Å²) in [6.07, 6.45) is 0. The largest absolute Gasteiger partial charge is 0.494 e. The number of methoxy groups -OCH3 is 1. The second-order valence-corrected chi connectivity index (χ2v) is 4.32. The molecule has 0 saturated carbocycles. The molecule has 0 aliphatic rings. The maximum atomic E-state index is 13.8. The summed E-state index contributed by atoms with van der Waals surface area (Å²) < 4.78 is 24.5. The average Bonchev–Trinajstić information content (AvgIpc) is 2.38. The van der Waals surface area contributed by atoms with Crippen LogP contribution in [-0.4, -0.2) is 7.11 Å². The van der Waals surface area contributed by atoms with Crippen LogP contribution in [0.15, 0.2) is 30.3 Å². The van der Waals surface area contributed by atoms with Crippen LogP contribution in [0.5, 0.6) is 17.2 Å². The van der Waals surface area contributed by atoms with E-state index < -0.39 is 5.82 Å². The summed E-state index contributed by atoms with van der Waals surface area (Å²) in [7, 11) is 1.48. The van der Waals surface area contributed by atoms with Crippen molar-refractivity contribution < 1.29 is 13.9 Å². The van der Waals surface area contributed by atoms with E-state index in [0.29, 0.717) is 11.5 Å². The zero-order chi connectivity index (χ0) is 14.0. The maximum Gasteiger partial charge on any atom is 0.168 e. The highest BCUT2D eigenvalue weighted by molar-refractivity contribution is 5.57. The van der Waals surface area contributed by atoms with Crippen molar-refractivity contribution in [3.8, 4) is 17.2 Å². The Labute approximate surface area is 111 Å². The highest BCUT2D eigenvalue weighted by atomic mass is 19.1. The Morgan fingerprint density at radius 2 is 1.79 bits per heavy atom. The molecule has 0 fully saturated rings. The second-order valence-electron chi connectivity index (χ2n) is 4.32. The van der Waals surface area contributed by atoms with Gasteiger partial charge in [-0.2, -0.15) is 0 Å². The van der Waals surface area contributed by atoms with E-state index in [-0.39, 0.29) is 11.4 Å². The molecule has 3 nitrogen and oxygen atoms in total. The van der Waals surface area contributed by atoms with Gasteiger partial charge in [0.25, 0.3) is 0 Å². The van der Waals surface area contributed by atoms with Gasteiger partial charge in [0.05, 0.1) is 12.8 Å². The molecule has 4 heteroatoms. The van der Waals surface area contributed by atoms with Gasteiger partial charge in [0.1, 0.15) is 11.5 Å². The summed E-state index contributed by atoms with van der Waals surface area (Å²) in [5, 5.41) is 0. The average molecular weight is 261 g/mol. The third kappa shape index (κ3) is 2.62. The van der Waals surface area contributed by atoms with Crippen LogP contribution < -0.4 is 15.2 Å². The molecule has 2 rings (SSSR count). The predicted molar refractivity (Wildman–Crippen MR) is 73.4 cm³/mol. The van der Waals surface area contributed by atoms with E-state index >= 15 is 0 Å². The highest BCUT2D eigenvalue weighted by Crippen LogP contribution is 2.34. The molecule has 19 heavy (non-hydrogen) atoms. The molecular formula is C15H16FNO2. The third-order valence-electron chi connectivity index (χ3n) is 3.06. The smallest absolute Gasteiger partial charge is 0.168 e. The van der Waals surface area contributed by atoms with Crippen LogP contribution in [0.25, 0.3) is 0 Å². The highest BCUT2D eigenvalue weighted by Gasteiger charge is 2.12. The summed E-state index contributed by atoms with van der Waals surface area (Å²) in [6, 6.07) is 8.28. The maximum absolute atomic E-state index is 13.8. The van der Waals surface area contributed by atoms with E-state index in [0.717, 1.165) is 11.1 Å². The molecule has 0 saturated heterocycles. The number of ether oxygens (including phenoxy) is 2. The standard InChI is InChI=1S/C15H16FNO2/c1-9-5-4-6-13(10(9)2)19-14-8-15(18-3)12(17)7-11(14)16/h4-8H,17H2,1-3H3. The molecule has 0 atom stereocenters. The summed E-state index contributed by atoms with van der Waals surface area (Å²) in [4.78, 5) is 0. The summed E-state index contributed by atoms with van der Waals surface area (Å²) in [5.74, 6) is 0.589. The van der Waals surface area contributed by atoms with E-state index in [1.807, 2.05) is 26.0 Å².